The number of hydrogen-bond acceptors (Lipinski definition) is 2. The molecule has 10 aromatic rings. The summed E-state index contributed by atoms with van der Waals surface area (Å²) in [5.41, 5.74) is 16.2. The zero-order valence-corrected chi connectivity index (χ0v) is 28.9. The summed E-state index contributed by atoms with van der Waals surface area (Å²) in [5, 5.41) is 6.29. The van der Waals surface area contributed by atoms with Gasteiger partial charge in [0.1, 0.15) is 0 Å². The number of nitrogens with zero attached hydrogens (tertiary/aromatic N) is 1. The number of fused-ring (bicyclic) bond motifs is 17. The van der Waals surface area contributed by atoms with E-state index in [2.05, 4.69) is 176 Å². The number of thiophene rings is 1. The predicted octanol–water partition coefficient (Wildman–Crippen LogP) is 13.4. The fourth-order valence-electron chi connectivity index (χ4n) is 9.68. The van der Waals surface area contributed by atoms with E-state index in [4.69, 9.17) is 4.98 Å². The summed E-state index contributed by atoms with van der Waals surface area (Å²) < 4.78 is 2.60. The molecular weight excluding hydrogens is 647 g/mol. The van der Waals surface area contributed by atoms with Gasteiger partial charge in [-0.2, -0.15) is 0 Å². The van der Waals surface area contributed by atoms with Crippen molar-refractivity contribution in [2.45, 2.75) is 5.41 Å². The van der Waals surface area contributed by atoms with Crippen molar-refractivity contribution in [2.24, 2.45) is 0 Å². The molecule has 2 aliphatic carbocycles. The molecule has 2 heteroatoms. The van der Waals surface area contributed by atoms with E-state index in [9.17, 15) is 0 Å². The normalized spacial score (nSPS) is 13.5. The molecule has 0 saturated heterocycles. The average molecular weight is 676 g/mol. The van der Waals surface area contributed by atoms with Crippen LogP contribution < -0.4 is 0 Å². The first-order chi connectivity index (χ1) is 25.8. The van der Waals surface area contributed by atoms with Crippen LogP contribution in [0.5, 0.6) is 0 Å². The van der Waals surface area contributed by atoms with Crippen LogP contribution in [0.1, 0.15) is 22.3 Å². The molecule has 0 radical (unpaired) electrons. The maximum Gasteiger partial charge on any atom is 0.0788 e. The van der Waals surface area contributed by atoms with Gasteiger partial charge >= 0.3 is 0 Å². The van der Waals surface area contributed by atoms with Crippen LogP contribution >= 0.6 is 11.3 Å². The molecule has 1 nitrogen and oxygen atoms in total. The van der Waals surface area contributed by atoms with E-state index in [1.807, 2.05) is 11.3 Å². The molecule has 2 aromatic heterocycles. The van der Waals surface area contributed by atoms with Crippen LogP contribution in [0.3, 0.4) is 0 Å². The Balaban J connectivity index is 1.16. The molecule has 0 bridgehead atoms. The Morgan fingerprint density at radius 1 is 0.385 bits per heavy atom. The molecular formula is C50H29NS. The third-order valence-corrected chi connectivity index (χ3v) is 12.8. The number of para-hydroxylation sites is 1. The lowest BCUT2D eigenvalue weighted by molar-refractivity contribution is 0.794. The quantitative estimate of drug-likeness (QED) is 0.166. The fourth-order valence-corrected chi connectivity index (χ4v) is 10.8. The minimum absolute atomic E-state index is 0.357. The van der Waals surface area contributed by atoms with E-state index in [0.717, 1.165) is 16.8 Å². The average Bonchev–Trinajstić information content (AvgIpc) is 3.85. The lowest BCUT2D eigenvalue weighted by atomic mass is 9.70. The van der Waals surface area contributed by atoms with Crippen molar-refractivity contribution >= 4 is 53.2 Å². The van der Waals surface area contributed by atoms with Crippen molar-refractivity contribution in [1.82, 2.24) is 4.98 Å². The highest BCUT2D eigenvalue weighted by atomic mass is 32.1. The Kier molecular flexibility index (Phi) is 5.65. The highest BCUT2D eigenvalue weighted by Gasteiger charge is 2.51. The molecule has 0 aliphatic heterocycles. The Morgan fingerprint density at radius 2 is 1.00 bits per heavy atom. The van der Waals surface area contributed by atoms with Crippen LogP contribution in [0.4, 0.5) is 0 Å². The van der Waals surface area contributed by atoms with Gasteiger partial charge in [-0.05, 0) is 79.9 Å². The number of aromatic nitrogens is 1. The zero-order valence-electron chi connectivity index (χ0n) is 28.1. The molecule has 2 aliphatic rings. The van der Waals surface area contributed by atoms with E-state index >= 15 is 0 Å². The lowest BCUT2D eigenvalue weighted by Gasteiger charge is -2.30. The molecule has 0 amide bonds. The van der Waals surface area contributed by atoms with Crippen LogP contribution in [0, 0.1) is 0 Å². The topological polar surface area (TPSA) is 12.9 Å². The van der Waals surface area contributed by atoms with Gasteiger partial charge < -0.3 is 0 Å². The van der Waals surface area contributed by atoms with Crippen molar-refractivity contribution in [3.8, 4) is 44.6 Å². The van der Waals surface area contributed by atoms with Crippen molar-refractivity contribution in [3.63, 3.8) is 0 Å². The van der Waals surface area contributed by atoms with E-state index in [1.54, 1.807) is 0 Å². The SMILES string of the molecule is c1ccc(-c2nc3ccccc3c3c2ccc2sc4ccc(-c5cccc6c5-c5ccccc5C65c6ccccc6-c6ccccc65)cc4c23)cc1. The first kappa shape index (κ1) is 28.4. The van der Waals surface area contributed by atoms with Gasteiger partial charge in [-0.1, -0.05) is 152 Å². The summed E-state index contributed by atoms with van der Waals surface area (Å²) in [6.07, 6.45) is 0. The third kappa shape index (κ3) is 3.55. The van der Waals surface area contributed by atoms with E-state index in [0.29, 0.717) is 0 Å². The van der Waals surface area contributed by atoms with Crippen LogP contribution in [-0.4, -0.2) is 4.98 Å². The van der Waals surface area contributed by atoms with Crippen molar-refractivity contribution in [1.29, 1.82) is 0 Å². The summed E-state index contributed by atoms with van der Waals surface area (Å²) in [7, 11) is 0. The Bertz CT molecular complexity index is 3090. The summed E-state index contributed by atoms with van der Waals surface area (Å²) in [4.78, 5) is 5.24. The fraction of sp³-hybridized carbons (Fsp3) is 0.0200. The number of rotatable bonds is 2. The van der Waals surface area contributed by atoms with Gasteiger partial charge in [0.25, 0.3) is 0 Å². The largest absolute Gasteiger partial charge is 0.247 e. The molecule has 0 N–H and O–H groups in total. The summed E-state index contributed by atoms with van der Waals surface area (Å²) in [5.74, 6) is 0. The molecule has 8 aromatic carbocycles. The Hall–Kier alpha value is -6.35. The molecule has 12 rings (SSSR count). The monoisotopic (exact) mass is 675 g/mol. The van der Waals surface area contributed by atoms with Crippen molar-refractivity contribution in [3.05, 3.63) is 198 Å². The van der Waals surface area contributed by atoms with E-state index in [-0.39, 0.29) is 5.41 Å². The first-order valence-corrected chi connectivity index (χ1v) is 18.8. The van der Waals surface area contributed by atoms with Gasteiger partial charge in [-0.15, -0.1) is 11.3 Å². The van der Waals surface area contributed by atoms with E-state index in [1.165, 1.54) is 92.0 Å². The van der Waals surface area contributed by atoms with Crippen LogP contribution in [-0.2, 0) is 5.41 Å². The second kappa shape index (κ2) is 10.4. The molecule has 0 atom stereocenters. The molecule has 2 heterocycles. The molecule has 1 spiro atoms. The second-order valence-electron chi connectivity index (χ2n) is 14.1. The minimum Gasteiger partial charge on any atom is -0.247 e. The molecule has 240 valence electrons. The molecule has 52 heavy (non-hydrogen) atoms. The number of pyridine rings is 1. The molecule has 0 unspecified atom stereocenters. The van der Waals surface area contributed by atoms with E-state index < -0.39 is 0 Å². The Morgan fingerprint density at radius 3 is 1.79 bits per heavy atom. The van der Waals surface area contributed by atoms with Crippen molar-refractivity contribution in [2.75, 3.05) is 0 Å². The van der Waals surface area contributed by atoms with Gasteiger partial charge in [0, 0.05) is 41.9 Å². The highest BCUT2D eigenvalue weighted by molar-refractivity contribution is 7.26. The molecule has 0 saturated carbocycles. The van der Waals surface area contributed by atoms with Gasteiger partial charge in [-0.25, -0.2) is 4.98 Å². The van der Waals surface area contributed by atoms with Gasteiger partial charge in [-0.3, -0.25) is 0 Å². The maximum atomic E-state index is 5.24. The van der Waals surface area contributed by atoms with Gasteiger partial charge in [0.15, 0.2) is 0 Å². The molecule has 0 fully saturated rings. The van der Waals surface area contributed by atoms with Gasteiger partial charge in [0.2, 0.25) is 0 Å². The second-order valence-corrected chi connectivity index (χ2v) is 15.2. The summed E-state index contributed by atoms with van der Waals surface area (Å²) in [6, 6.07) is 65.2. The maximum absolute atomic E-state index is 5.24. The number of benzene rings is 8. The van der Waals surface area contributed by atoms with Crippen LogP contribution in [0.15, 0.2) is 176 Å². The lowest BCUT2D eigenvalue weighted by Crippen LogP contribution is -2.25. The van der Waals surface area contributed by atoms with Gasteiger partial charge in [0.05, 0.1) is 16.6 Å². The van der Waals surface area contributed by atoms with Crippen molar-refractivity contribution < 1.29 is 0 Å². The highest BCUT2D eigenvalue weighted by Crippen LogP contribution is 2.64. The summed E-state index contributed by atoms with van der Waals surface area (Å²) >= 11 is 1.88. The summed E-state index contributed by atoms with van der Waals surface area (Å²) in [6.45, 7) is 0. The smallest absolute Gasteiger partial charge is 0.0788 e. The third-order valence-electron chi connectivity index (χ3n) is 11.7. The minimum atomic E-state index is -0.357. The Labute approximate surface area is 305 Å². The zero-order chi connectivity index (χ0) is 34.0. The number of hydrogen-bond donors (Lipinski definition) is 0. The first-order valence-electron chi connectivity index (χ1n) is 18.0. The van der Waals surface area contributed by atoms with Crippen LogP contribution in [0.25, 0.3) is 86.5 Å². The van der Waals surface area contributed by atoms with Crippen LogP contribution in [0.2, 0.25) is 0 Å². The predicted molar refractivity (Wildman–Crippen MR) is 219 cm³/mol. The standard InChI is InChI=1S/C50H29NS/c1-2-13-30(14-3-1)49-37-26-28-45-48(47(37)36-18-7-11-24-43(36)51-49)38-29-31(25-27-44(38)52-45)32-19-12-23-42-46(32)35-17-6-10-22-41(35)50(42)39-20-8-4-15-33(39)34-16-5-9-21-40(34)50/h1-29H.